The summed E-state index contributed by atoms with van der Waals surface area (Å²) in [6, 6.07) is 5.82. The maximum atomic E-state index is 13.0. The number of aliphatic carboxylic acids is 1. The van der Waals surface area contributed by atoms with Gasteiger partial charge in [-0.3, -0.25) is 9.59 Å². The largest absolute Gasteiger partial charge is 0.480 e. The van der Waals surface area contributed by atoms with E-state index >= 15 is 0 Å². The summed E-state index contributed by atoms with van der Waals surface area (Å²) in [5.41, 5.74) is 8.01. The zero-order chi connectivity index (χ0) is 22.9. The molecule has 0 saturated carbocycles. The highest BCUT2D eigenvalue weighted by molar-refractivity contribution is 5.92. The van der Waals surface area contributed by atoms with Crippen LogP contribution in [0.15, 0.2) is 55.4 Å². The maximum Gasteiger partial charge on any atom is 0.326 e. The lowest BCUT2D eigenvalue weighted by Gasteiger charge is -2.22. The molecule has 32 heavy (non-hydrogen) atoms. The summed E-state index contributed by atoms with van der Waals surface area (Å²) in [6.07, 6.45) is 6.41. The van der Waals surface area contributed by atoms with Gasteiger partial charge in [-0.15, -0.1) is 0 Å². The summed E-state index contributed by atoms with van der Waals surface area (Å²) < 4.78 is 0. The molecule has 7 N–H and O–H groups in total. The molecule has 0 aliphatic carbocycles. The molecule has 3 rings (SSSR count). The highest BCUT2D eigenvalue weighted by Gasteiger charge is 2.29. The van der Waals surface area contributed by atoms with E-state index < -0.39 is 35.9 Å². The number of nitrogens with one attached hydrogen (secondary N) is 4. The molecular weight excluding hydrogens is 414 g/mol. The molecule has 3 atom stereocenters. The zero-order valence-electron chi connectivity index (χ0n) is 17.2. The summed E-state index contributed by atoms with van der Waals surface area (Å²) in [6.45, 7) is 0. The van der Waals surface area contributed by atoms with E-state index in [-0.39, 0.29) is 19.3 Å². The van der Waals surface area contributed by atoms with Crippen molar-refractivity contribution in [3.8, 4) is 0 Å². The van der Waals surface area contributed by atoms with Gasteiger partial charge in [-0.2, -0.15) is 0 Å². The third kappa shape index (κ3) is 6.51. The topological polar surface area (TPSA) is 179 Å². The number of amides is 2. The molecule has 0 fully saturated rings. The Morgan fingerprint density at radius 2 is 1.47 bits per heavy atom. The smallest absolute Gasteiger partial charge is 0.326 e. The predicted octanol–water partition coefficient (Wildman–Crippen LogP) is -0.458. The number of nitrogens with two attached hydrogens (primary N) is 1. The van der Waals surface area contributed by atoms with Crippen LogP contribution in [0.3, 0.4) is 0 Å². The fourth-order valence-electron chi connectivity index (χ4n) is 3.15. The Morgan fingerprint density at radius 1 is 0.875 bits per heavy atom. The van der Waals surface area contributed by atoms with Gasteiger partial charge in [0.05, 0.1) is 18.7 Å². The second kappa shape index (κ2) is 10.9. The second-order valence-corrected chi connectivity index (χ2v) is 7.32. The van der Waals surface area contributed by atoms with Gasteiger partial charge in [-0.1, -0.05) is 30.3 Å². The van der Waals surface area contributed by atoms with Crippen LogP contribution >= 0.6 is 0 Å². The average molecular weight is 439 g/mol. The number of hydrogen-bond acceptors (Lipinski definition) is 6. The van der Waals surface area contributed by atoms with Gasteiger partial charge < -0.3 is 31.4 Å². The van der Waals surface area contributed by atoms with Gasteiger partial charge in [-0.05, 0) is 5.56 Å². The number of hydrogen-bond donors (Lipinski definition) is 6. The standard InChI is InChI=1S/C21H25N7O4/c22-16(7-14-9-23-11-25-14)19(29)27-17(8-15-10-24-12-26-15)20(30)28-18(21(31)32)6-13-4-2-1-3-5-13/h1-5,9-12,16-18H,6-8,22H2,(H,23,25)(H,24,26)(H,27,29)(H,28,30)(H,31,32). The van der Waals surface area contributed by atoms with Crippen molar-refractivity contribution in [3.05, 3.63) is 72.3 Å². The van der Waals surface area contributed by atoms with E-state index in [1.807, 2.05) is 6.07 Å². The number of carboxylic acid groups (broad SMARTS) is 1. The molecule has 0 radical (unpaired) electrons. The van der Waals surface area contributed by atoms with Gasteiger partial charge in [0.1, 0.15) is 12.1 Å². The van der Waals surface area contributed by atoms with Crippen LogP contribution in [-0.2, 0) is 33.6 Å². The molecule has 1 aromatic carbocycles. The molecule has 2 heterocycles. The first-order valence-electron chi connectivity index (χ1n) is 10.00. The number of aromatic nitrogens is 4. The van der Waals surface area contributed by atoms with Gasteiger partial charge in [-0.25, -0.2) is 14.8 Å². The summed E-state index contributed by atoms with van der Waals surface area (Å²) in [7, 11) is 0. The highest BCUT2D eigenvalue weighted by atomic mass is 16.4. The first kappa shape index (κ1) is 22.7. The number of H-pyrrole nitrogens is 2. The van der Waals surface area contributed by atoms with Crippen molar-refractivity contribution in [2.45, 2.75) is 37.4 Å². The van der Waals surface area contributed by atoms with Crippen molar-refractivity contribution < 1.29 is 19.5 Å². The van der Waals surface area contributed by atoms with E-state index in [9.17, 15) is 19.5 Å². The van der Waals surface area contributed by atoms with E-state index in [2.05, 4.69) is 30.6 Å². The first-order chi connectivity index (χ1) is 15.4. The van der Waals surface area contributed by atoms with Crippen LogP contribution in [0.4, 0.5) is 0 Å². The minimum absolute atomic E-state index is 0.0893. The van der Waals surface area contributed by atoms with Crippen molar-refractivity contribution >= 4 is 17.8 Å². The quantitative estimate of drug-likeness (QED) is 0.234. The number of benzene rings is 1. The molecule has 3 aromatic rings. The Bertz CT molecular complexity index is 1010. The van der Waals surface area contributed by atoms with E-state index in [0.717, 1.165) is 5.56 Å². The first-order valence-corrected chi connectivity index (χ1v) is 10.00. The maximum absolute atomic E-state index is 13.0. The third-order valence-corrected chi connectivity index (χ3v) is 4.84. The summed E-state index contributed by atoms with van der Waals surface area (Å²) in [4.78, 5) is 50.9. The number of rotatable bonds is 11. The van der Waals surface area contributed by atoms with Crippen molar-refractivity contribution in [1.29, 1.82) is 0 Å². The monoisotopic (exact) mass is 439 g/mol. The summed E-state index contributed by atoms with van der Waals surface area (Å²) in [5.74, 6) is -2.36. The van der Waals surface area contributed by atoms with E-state index in [1.54, 1.807) is 30.5 Å². The van der Waals surface area contributed by atoms with Crippen molar-refractivity contribution in [2.24, 2.45) is 5.73 Å². The number of imidazole rings is 2. The molecule has 0 aliphatic heterocycles. The Morgan fingerprint density at radius 3 is 2.03 bits per heavy atom. The number of aromatic amines is 2. The van der Waals surface area contributed by atoms with Crippen LogP contribution in [-0.4, -0.2) is 61.0 Å². The fourth-order valence-corrected chi connectivity index (χ4v) is 3.15. The molecule has 11 heteroatoms. The fraction of sp³-hybridized carbons (Fsp3) is 0.286. The number of carboxylic acids is 1. The second-order valence-electron chi connectivity index (χ2n) is 7.32. The van der Waals surface area contributed by atoms with Gasteiger partial charge in [0.2, 0.25) is 11.8 Å². The van der Waals surface area contributed by atoms with E-state index in [4.69, 9.17) is 5.73 Å². The SMILES string of the molecule is NC(Cc1cnc[nH]1)C(=O)NC(Cc1cnc[nH]1)C(=O)NC(Cc1ccccc1)C(=O)O. The van der Waals surface area contributed by atoms with Gasteiger partial charge >= 0.3 is 5.97 Å². The number of nitrogens with zero attached hydrogens (tertiary/aromatic N) is 2. The average Bonchev–Trinajstić information content (AvgIpc) is 3.47. The minimum atomic E-state index is -1.18. The van der Waals surface area contributed by atoms with Gasteiger partial charge in [0, 0.05) is 43.0 Å². The lowest BCUT2D eigenvalue weighted by Crippen LogP contribution is -2.56. The highest BCUT2D eigenvalue weighted by Crippen LogP contribution is 2.06. The molecule has 0 bridgehead atoms. The molecule has 2 amide bonds. The summed E-state index contributed by atoms with van der Waals surface area (Å²) in [5, 5.41) is 14.7. The van der Waals surface area contributed by atoms with Crippen LogP contribution in [0.25, 0.3) is 0 Å². The minimum Gasteiger partial charge on any atom is -0.480 e. The van der Waals surface area contributed by atoms with Crippen molar-refractivity contribution in [2.75, 3.05) is 0 Å². The number of carbonyl (C=O) groups is 3. The molecule has 168 valence electrons. The zero-order valence-corrected chi connectivity index (χ0v) is 17.2. The molecule has 0 spiro atoms. The summed E-state index contributed by atoms with van der Waals surface area (Å²) >= 11 is 0. The lowest BCUT2D eigenvalue weighted by atomic mass is 10.0. The third-order valence-electron chi connectivity index (χ3n) is 4.84. The lowest BCUT2D eigenvalue weighted by molar-refractivity contribution is -0.142. The van der Waals surface area contributed by atoms with E-state index in [1.165, 1.54) is 18.9 Å². The Labute approximate surface area is 183 Å². The van der Waals surface area contributed by atoms with E-state index in [0.29, 0.717) is 11.4 Å². The van der Waals surface area contributed by atoms with Gasteiger partial charge in [0.25, 0.3) is 0 Å². The van der Waals surface area contributed by atoms with Crippen LogP contribution < -0.4 is 16.4 Å². The predicted molar refractivity (Wildman–Crippen MR) is 114 cm³/mol. The molecule has 0 aliphatic rings. The molecular formula is C21H25N7O4. The Hall–Kier alpha value is -3.99. The van der Waals surface area contributed by atoms with Crippen LogP contribution in [0.2, 0.25) is 0 Å². The van der Waals surface area contributed by atoms with Crippen molar-refractivity contribution in [3.63, 3.8) is 0 Å². The molecule has 0 saturated heterocycles. The van der Waals surface area contributed by atoms with Crippen LogP contribution in [0, 0.1) is 0 Å². The molecule has 2 aromatic heterocycles. The van der Waals surface area contributed by atoms with Gasteiger partial charge in [0.15, 0.2) is 0 Å². The molecule has 3 unspecified atom stereocenters. The molecule has 11 nitrogen and oxygen atoms in total. The van der Waals surface area contributed by atoms with Crippen LogP contribution in [0.5, 0.6) is 0 Å². The Kier molecular flexibility index (Phi) is 7.70. The Balaban J connectivity index is 1.69. The number of carbonyl (C=O) groups excluding carboxylic acids is 2. The normalized spacial score (nSPS) is 13.7. The van der Waals surface area contributed by atoms with Crippen LogP contribution in [0.1, 0.15) is 17.0 Å². The van der Waals surface area contributed by atoms with Crippen molar-refractivity contribution in [1.82, 2.24) is 30.6 Å².